The summed E-state index contributed by atoms with van der Waals surface area (Å²) in [6, 6.07) is 2.12. The molecular formula is C21H39N5. The fourth-order valence-corrected chi connectivity index (χ4v) is 2.47. The van der Waals surface area contributed by atoms with Crippen molar-refractivity contribution in [2.75, 3.05) is 0 Å². The molecule has 5 nitrogen and oxygen atoms in total. The van der Waals surface area contributed by atoms with Crippen molar-refractivity contribution in [1.29, 1.82) is 0 Å². The first-order chi connectivity index (χ1) is 12.0. The number of aryl methyl sites for hydroxylation is 4. The Hall–Kier alpha value is -1.65. The smallest absolute Gasteiger partial charge is 0.0827 e. The van der Waals surface area contributed by atoms with Gasteiger partial charge in [-0.05, 0) is 56.4 Å². The van der Waals surface area contributed by atoms with Crippen molar-refractivity contribution in [3.63, 3.8) is 0 Å². The highest BCUT2D eigenvalue weighted by atomic mass is 15.4. The molecule has 2 heterocycles. The van der Waals surface area contributed by atoms with Crippen LogP contribution in [0.3, 0.4) is 0 Å². The van der Waals surface area contributed by atoms with E-state index in [1.165, 1.54) is 12.1 Å². The lowest BCUT2D eigenvalue weighted by Crippen LogP contribution is -2.09. The van der Waals surface area contributed by atoms with E-state index in [4.69, 9.17) is 0 Å². The summed E-state index contributed by atoms with van der Waals surface area (Å²) in [4.78, 5) is 0. The van der Waals surface area contributed by atoms with Crippen LogP contribution in [-0.4, -0.2) is 24.8 Å². The Labute approximate surface area is 160 Å². The minimum Gasteiger partial charge on any atom is -0.270 e. The summed E-state index contributed by atoms with van der Waals surface area (Å²) in [5, 5.41) is 12.4. The molecule has 0 aromatic carbocycles. The molecule has 26 heavy (non-hydrogen) atoms. The summed E-state index contributed by atoms with van der Waals surface area (Å²) in [6.45, 7) is 19.7. The molecule has 0 saturated carbocycles. The van der Waals surface area contributed by atoms with Gasteiger partial charge in [-0.15, -0.1) is 5.10 Å². The Kier molecular flexibility index (Phi) is 8.51. The lowest BCUT2D eigenvalue weighted by Gasteiger charge is -2.17. The molecule has 0 radical (unpaired) electrons. The fourth-order valence-electron chi connectivity index (χ4n) is 2.47. The van der Waals surface area contributed by atoms with Crippen LogP contribution in [0.15, 0.2) is 18.5 Å². The third-order valence-electron chi connectivity index (χ3n) is 4.28. The predicted molar refractivity (Wildman–Crippen MR) is 109 cm³/mol. The number of aromatic nitrogens is 5. The van der Waals surface area contributed by atoms with Crippen LogP contribution < -0.4 is 0 Å². The Morgan fingerprint density at radius 1 is 0.885 bits per heavy atom. The van der Waals surface area contributed by atoms with Gasteiger partial charge in [-0.2, -0.15) is 5.10 Å². The van der Waals surface area contributed by atoms with Crippen LogP contribution in [0, 0.1) is 10.8 Å². The maximum Gasteiger partial charge on any atom is 0.0827 e. The van der Waals surface area contributed by atoms with E-state index in [0.717, 1.165) is 38.0 Å². The van der Waals surface area contributed by atoms with Gasteiger partial charge in [0.1, 0.15) is 0 Å². The lowest BCUT2D eigenvalue weighted by atomic mass is 9.90. The summed E-state index contributed by atoms with van der Waals surface area (Å²) < 4.78 is 3.95. The van der Waals surface area contributed by atoms with Crippen LogP contribution in [-0.2, 0) is 25.9 Å². The molecule has 0 saturated heterocycles. The molecule has 2 rings (SSSR count). The number of hydrogen-bond donors (Lipinski definition) is 0. The van der Waals surface area contributed by atoms with Crippen molar-refractivity contribution < 1.29 is 0 Å². The summed E-state index contributed by atoms with van der Waals surface area (Å²) in [5.41, 5.74) is 3.27. The molecule has 2 aromatic heterocycles. The largest absolute Gasteiger partial charge is 0.270 e. The van der Waals surface area contributed by atoms with Crippen LogP contribution in [0.4, 0.5) is 0 Å². The SMILES string of the molecule is CCn1cc(CCC(C)(C)C)nn1.CCn1nccc1CCC(C)(C)C. The molecule has 2 aromatic rings. The molecular weight excluding hydrogens is 322 g/mol. The Balaban J connectivity index is 0.000000260. The van der Waals surface area contributed by atoms with E-state index in [2.05, 4.69) is 81.5 Å². The molecule has 0 fully saturated rings. The van der Waals surface area contributed by atoms with Crippen molar-refractivity contribution in [3.05, 3.63) is 29.8 Å². The van der Waals surface area contributed by atoms with E-state index in [-0.39, 0.29) is 0 Å². The zero-order valence-electron chi connectivity index (χ0n) is 18.2. The molecule has 0 spiro atoms. The third kappa shape index (κ3) is 9.16. The van der Waals surface area contributed by atoms with Crippen molar-refractivity contribution in [2.24, 2.45) is 10.8 Å². The summed E-state index contributed by atoms with van der Waals surface area (Å²) in [5.74, 6) is 0. The number of hydrogen-bond acceptors (Lipinski definition) is 3. The monoisotopic (exact) mass is 361 g/mol. The highest BCUT2D eigenvalue weighted by Crippen LogP contribution is 2.21. The van der Waals surface area contributed by atoms with Gasteiger partial charge >= 0.3 is 0 Å². The van der Waals surface area contributed by atoms with Crippen LogP contribution >= 0.6 is 0 Å². The predicted octanol–water partition coefficient (Wildman–Crippen LogP) is 5.16. The topological polar surface area (TPSA) is 48.5 Å². The molecule has 5 heteroatoms. The van der Waals surface area contributed by atoms with Gasteiger partial charge in [0.25, 0.3) is 0 Å². The molecule has 0 aliphatic heterocycles. The van der Waals surface area contributed by atoms with Gasteiger partial charge in [-0.3, -0.25) is 9.36 Å². The molecule has 0 amide bonds. The fraction of sp³-hybridized carbons (Fsp3) is 0.762. The zero-order chi connectivity index (χ0) is 19.8. The van der Waals surface area contributed by atoms with E-state index >= 15 is 0 Å². The first-order valence-electron chi connectivity index (χ1n) is 9.94. The average molecular weight is 362 g/mol. The third-order valence-corrected chi connectivity index (χ3v) is 4.28. The first kappa shape index (κ1) is 22.4. The van der Waals surface area contributed by atoms with Gasteiger partial charge in [0, 0.05) is 31.2 Å². The van der Waals surface area contributed by atoms with Crippen LogP contribution in [0.5, 0.6) is 0 Å². The first-order valence-corrected chi connectivity index (χ1v) is 9.94. The summed E-state index contributed by atoms with van der Waals surface area (Å²) in [6.07, 6.45) is 8.47. The Morgan fingerprint density at radius 3 is 2.00 bits per heavy atom. The lowest BCUT2D eigenvalue weighted by molar-refractivity contribution is 0.372. The van der Waals surface area contributed by atoms with Crippen molar-refractivity contribution in [1.82, 2.24) is 24.8 Å². The minimum absolute atomic E-state index is 0.385. The van der Waals surface area contributed by atoms with Crippen LogP contribution in [0.25, 0.3) is 0 Å². The Bertz CT molecular complexity index is 625. The maximum absolute atomic E-state index is 4.25. The quantitative estimate of drug-likeness (QED) is 0.714. The standard InChI is InChI=1S/C11H20N2.C10H19N3/c1-5-13-10(7-9-12-13)6-8-11(2,3)4;1-5-13-8-9(11-12-13)6-7-10(2,3)4/h7,9H,5-6,8H2,1-4H3;8H,5-7H2,1-4H3. The van der Waals surface area contributed by atoms with Crippen molar-refractivity contribution in [2.45, 2.75) is 94.2 Å². The Morgan fingerprint density at radius 2 is 1.50 bits per heavy atom. The highest BCUT2D eigenvalue weighted by molar-refractivity contribution is 5.01. The molecule has 148 valence electrons. The van der Waals surface area contributed by atoms with E-state index < -0.39 is 0 Å². The number of nitrogens with zero attached hydrogens (tertiary/aromatic N) is 5. The van der Waals surface area contributed by atoms with Crippen LogP contribution in [0.2, 0.25) is 0 Å². The summed E-state index contributed by atoms with van der Waals surface area (Å²) >= 11 is 0. The minimum atomic E-state index is 0.385. The normalized spacial score (nSPS) is 12.0. The number of rotatable bonds is 6. The van der Waals surface area contributed by atoms with E-state index in [1.54, 1.807) is 0 Å². The van der Waals surface area contributed by atoms with Gasteiger partial charge in [-0.1, -0.05) is 46.8 Å². The van der Waals surface area contributed by atoms with E-state index in [9.17, 15) is 0 Å². The maximum atomic E-state index is 4.25. The molecule has 0 N–H and O–H groups in total. The van der Waals surface area contributed by atoms with Gasteiger partial charge in [0.2, 0.25) is 0 Å². The zero-order valence-corrected chi connectivity index (χ0v) is 18.2. The molecule has 0 unspecified atom stereocenters. The van der Waals surface area contributed by atoms with Crippen molar-refractivity contribution in [3.8, 4) is 0 Å². The van der Waals surface area contributed by atoms with Crippen molar-refractivity contribution >= 4 is 0 Å². The molecule has 0 aliphatic rings. The second-order valence-corrected chi connectivity index (χ2v) is 9.33. The van der Waals surface area contributed by atoms with E-state index in [1.807, 2.05) is 17.1 Å². The average Bonchev–Trinajstić information content (AvgIpc) is 3.18. The van der Waals surface area contributed by atoms with Gasteiger partial charge in [0.05, 0.1) is 5.69 Å². The van der Waals surface area contributed by atoms with Crippen LogP contribution in [0.1, 0.15) is 79.6 Å². The summed E-state index contributed by atoms with van der Waals surface area (Å²) in [7, 11) is 0. The molecule has 0 atom stereocenters. The van der Waals surface area contributed by atoms with E-state index in [0.29, 0.717) is 10.8 Å². The second kappa shape index (κ2) is 9.89. The molecule has 0 bridgehead atoms. The van der Waals surface area contributed by atoms with Gasteiger partial charge in [0.15, 0.2) is 0 Å². The second-order valence-electron chi connectivity index (χ2n) is 9.33. The molecule has 0 aliphatic carbocycles. The van der Waals surface area contributed by atoms with Gasteiger partial charge in [-0.25, -0.2) is 0 Å². The van der Waals surface area contributed by atoms with Gasteiger partial charge < -0.3 is 0 Å². The highest BCUT2D eigenvalue weighted by Gasteiger charge is 2.12.